The number of nitrogens with zero attached hydrogens (tertiary/aromatic N) is 6. The van der Waals surface area contributed by atoms with Gasteiger partial charge < -0.3 is 29.8 Å². The molecule has 6 nitrogen and oxygen atoms in total. The second-order valence-corrected chi connectivity index (χ2v) is 8.33. The Morgan fingerprint density at radius 2 is 1.43 bits per heavy atom. The molecule has 1 aliphatic rings. The van der Waals surface area contributed by atoms with Crippen molar-refractivity contribution in [1.29, 1.82) is 0 Å². The van der Waals surface area contributed by atoms with E-state index in [0.29, 0.717) is 0 Å². The van der Waals surface area contributed by atoms with Crippen molar-refractivity contribution >= 4 is 18.1 Å². The van der Waals surface area contributed by atoms with Gasteiger partial charge >= 0.3 is 0 Å². The number of allylic oxidation sites excluding steroid dienone is 2. The van der Waals surface area contributed by atoms with Gasteiger partial charge in [-0.2, -0.15) is 67.3 Å². The zero-order valence-electron chi connectivity index (χ0n) is 22.7. The van der Waals surface area contributed by atoms with E-state index in [4.69, 9.17) is 10.8 Å². The van der Waals surface area contributed by atoms with E-state index in [2.05, 4.69) is 90.0 Å². The summed E-state index contributed by atoms with van der Waals surface area (Å²) in [7, 11) is 0. The molecule has 0 bridgehead atoms. The Bertz CT molecular complexity index is 1120. The summed E-state index contributed by atoms with van der Waals surface area (Å²) < 4.78 is 4.34. The Kier molecular flexibility index (Phi) is 14.4. The van der Waals surface area contributed by atoms with E-state index in [1.165, 1.54) is 22.8 Å². The van der Waals surface area contributed by atoms with E-state index < -0.39 is 0 Å². The first kappa shape index (κ1) is 32.0. The van der Waals surface area contributed by atoms with Crippen molar-refractivity contribution in [3.8, 4) is 5.69 Å². The molecule has 1 aliphatic heterocycles. The van der Waals surface area contributed by atoms with E-state index in [1.807, 2.05) is 30.3 Å². The van der Waals surface area contributed by atoms with E-state index >= 15 is 0 Å². The van der Waals surface area contributed by atoms with Gasteiger partial charge in [0.25, 0.3) is 0 Å². The van der Waals surface area contributed by atoms with Crippen LogP contribution in [0.4, 0.5) is 5.69 Å². The van der Waals surface area contributed by atoms with Crippen LogP contribution in [0.2, 0.25) is 0 Å². The molecule has 0 fully saturated rings. The smallest absolute Gasteiger partial charge is 0.242 e. The van der Waals surface area contributed by atoms with Crippen LogP contribution in [0.3, 0.4) is 0 Å². The number of imidazole rings is 1. The second kappa shape index (κ2) is 16.7. The van der Waals surface area contributed by atoms with Gasteiger partial charge in [-0.15, -0.1) is 5.69 Å². The van der Waals surface area contributed by atoms with Gasteiger partial charge in [-0.1, -0.05) is 19.5 Å². The van der Waals surface area contributed by atoms with Crippen LogP contribution in [-0.2, 0) is 26.7 Å². The molecule has 1 aromatic heterocycles. The summed E-state index contributed by atoms with van der Waals surface area (Å²) in [6.45, 7) is 16.0. The van der Waals surface area contributed by atoms with Gasteiger partial charge in [-0.05, 0) is 52.8 Å². The number of hydrogen-bond donors (Lipinski definition) is 0. The fourth-order valence-corrected chi connectivity index (χ4v) is 3.85. The zero-order chi connectivity index (χ0) is 26.5. The SMILES string of the molecule is CC1=C(C)N(c2[c-]cccc2)[CH-]N1CCCC[n+]1[c-]n(-c2[c-]cccc2)c(C)c1C.CC=[N-].CC=[N-].[Ir]. The summed E-state index contributed by atoms with van der Waals surface area (Å²) in [5.41, 5.74) is 7.18. The van der Waals surface area contributed by atoms with Gasteiger partial charge in [-0.3, -0.25) is 0 Å². The quantitative estimate of drug-likeness (QED) is 0.133. The molecule has 3 aromatic rings. The number of aryl methyl sites for hydroxylation is 1. The Balaban J connectivity index is 0.000000894. The topological polar surface area (TPSA) is 59.9 Å². The number of hydrogen-bond acceptors (Lipinski definition) is 2. The minimum atomic E-state index is 0. The maximum atomic E-state index is 7.44. The maximum Gasteiger partial charge on any atom is 0.242 e. The minimum Gasteiger partial charge on any atom is -0.814 e. The number of para-hydroxylation sites is 2. The van der Waals surface area contributed by atoms with Gasteiger partial charge in [0.05, 0.1) is 6.54 Å². The molecule has 0 N–H and O–H groups in total. The Labute approximate surface area is 237 Å². The predicted octanol–water partition coefficient (Wildman–Crippen LogP) is 6.05. The van der Waals surface area contributed by atoms with Crippen molar-refractivity contribution in [2.24, 2.45) is 0 Å². The number of anilines is 1. The average Bonchev–Trinajstić information content (AvgIpc) is 3.34. The third-order valence-electron chi connectivity index (χ3n) is 5.97. The van der Waals surface area contributed by atoms with E-state index in [9.17, 15) is 0 Å². The molecular formula is C30H37IrN6-5. The van der Waals surface area contributed by atoms with Crippen LogP contribution in [-0.4, -0.2) is 28.4 Å². The molecule has 0 saturated heterocycles. The first-order valence-corrected chi connectivity index (χ1v) is 12.3. The summed E-state index contributed by atoms with van der Waals surface area (Å²) in [5.74, 6) is 0. The van der Waals surface area contributed by atoms with Crippen LogP contribution in [0.25, 0.3) is 16.5 Å². The third-order valence-corrected chi connectivity index (χ3v) is 5.97. The molecule has 4 rings (SSSR count). The van der Waals surface area contributed by atoms with Crippen molar-refractivity contribution in [3.05, 3.63) is 107 Å². The normalized spacial score (nSPS) is 12.2. The van der Waals surface area contributed by atoms with E-state index in [0.717, 1.165) is 49.7 Å². The Morgan fingerprint density at radius 3 is 1.97 bits per heavy atom. The van der Waals surface area contributed by atoms with Crippen molar-refractivity contribution < 1.29 is 24.7 Å². The van der Waals surface area contributed by atoms with Crippen LogP contribution in [0.5, 0.6) is 0 Å². The maximum absolute atomic E-state index is 7.44. The Morgan fingerprint density at radius 1 is 0.865 bits per heavy atom. The summed E-state index contributed by atoms with van der Waals surface area (Å²) in [4.78, 5) is 4.58. The van der Waals surface area contributed by atoms with Crippen LogP contribution in [0, 0.1) is 39.0 Å². The monoisotopic (exact) mass is 674 g/mol. The molecule has 0 atom stereocenters. The van der Waals surface area contributed by atoms with Crippen LogP contribution < -0.4 is 9.47 Å². The minimum absolute atomic E-state index is 0. The zero-order valence-corrected chi connectivity index (χ0v) is 25.1. The summed E-state index contributed by atoms with van der Waals surface area (Å²) in [6.07, 6.45) is 7.73. The fraction of sp³-hybridized carbons (Fsp3) is 0.333. The second-order valence-electron chi connectivity index (χ2n) is 8.33. The van der Waals surface area contributed by atoms with Crippen LogP contribution in [0.1, 0.15) is 51.9 Å². The van der Waals surface area contributed by atoms with Crippen LogP contribution >= 0.6 is 0 Å². The molecular weight excluding hydrogens is 637 g/mol. The van der Waals surface area contributed by atoms with E-state index in [-0.39, 0.29) is 20.1 Å². The predicted molar refractivity (Wildman–Crippen MR) is 150 cm³/mol. The summed E-state index contributed by atoms with van der Waals surface area (Å²) >= 11 is 0. The van der Waals surface area contributed by atoms with Gasteiger partial charge in [0.15, 0.2) is 0 Å². The van der Waals surface area contributed by atoms with Crippen molar-refractivity contribution in [2.75, 3.05) is 11.4 Å². The molecule has 0 aliphatic carbocycles. The molecule has 2 aromatic carbocycles. The molecule has 7 heteroatoms. The van der Waals surface area contributed by atoms with Crippen LogP contribution in [0.15, 0.2) is 59.9 Å². The molecule has 1 radical (unpaired) electrons. The standard InChI is InChI=1S/C26H29N4.2C2H4N.Ir/c1-21-23(3)29(25-13-7-5-8-14-25)19-27(21)17-11-12-18-28-20-30(24(4)22(28)2)26-15-9-6-10-16-26;2*1-2-3;/h5-10,13,15,19H,11-12,17-18H2,1-4H3;2*2H,1H3;/q-3;2*-1;. The first-order chi connectivity index (χ1) is 17.4. The van der Waals surface area contributed by atoms with Crippen molar-refractivity contribution in [2.45, 2.75) is 60.9 Å². The number of aromatic nitrogens is 2. The molecule has 0 amide bonds. The van der Waals surface area contributed by atoms with Gasteiger partial charge in [0.2, 0.25) is 6.33 Å². The number of benzene rings is 2. The molecule has 0 unspecified atom stereocenters. The third kappa shape index (κ3) is 8.80. The summed E-state index contributed by atoms with van der Waals surface area (Å²) in [6, 6.07) is 22.8. The fourth-order valence-electron chi connectivity index (χ4n) is 3.85. The van der Waals surface area contributed by atoms with E-state index in [1.54, 1.807) is 13.8 Å². The molecule has 2 heterocycles. The molecule has 0 spiro atoms. The van der Waals surface area contributed by atoms with Gasteiger partial charge in [-0.25, -0.2) is 12.4 Å². The van der Waals surface area contributed by atoms with Crippen molar-refractivity contribution in [1.82, 2.24) is 9.47 Å². The number of rotatable bonds is 7. The average molecular weight is 674 g/mol. The largest absolute Gasteiger partial charge is 0.814 e. The van der Waals surface area contributed by atoms with Gasteiger partial charge in [0, 0.05) is 37.2 Å². The van der Waals surface area contributed by atoms with Gasteiger partial charge in [0.1, 0.15) is 0 Å². The first-order valence-electron chi connectivity index (χ1n) is 12.3. The summed E-state index contributed by atoms with van der Waals surface area (Å²) in [5, 5.41) is 14.9. The number of unbranched alkanes of at least 4 members (excludes halogenated alkanes) is 1. The van der Waals surface area contributed by atoms with Crippen molar-refractivity contribution in [3.63, 3.8) is 0 Å². The molecule has 37 heavy (non-hydrogen) atoms. The molecule has 0 saturated carbocycles. The Hall–Kier alpha value is -3.02. The molecule has 201 valence electrons.